The van der Waals surface area contributed by atoms with Gasteiger partial charge in [-0.05, 0) is 19.9 Å². The molecule has 0 unspecified atom stereocenters. The molecule has 0 spiro atoms. The second-order valence-electron chi connectivity index (χ2n) is 4.91. The molecule has 5 nitrogen and oxygen atoms in total. The van der Waals surface area contributed by atoms with Gasteiger partial charge in [0.15, 0.2) is 0 Å². The van der Waals surface area contributed by atoms with E-state index in [1.165, 1.54) is 4.90 Å². The Hall–Kier alpha value is -1.10. The van der Waals surface area contributed by atoms with Gasteiger partial charge in [0.05, 0.1) is 6.54 Å². The van der Waals surface area contributed by atoms with Crippen molar-refractivity contribution < 1.29 is 9.59 Å². The topological polar surface area (TPSA) is 52.7 Å². The van der Waals surface area contributed by atoms with Crippen LogP contribution in [0, 0.1) is 0 Å². The van der Waals surface area contributed by atoms with Gasteiger partial charge >= 0.3 is 0 Å². The molecule has 0 aromatic carbocycles. The first kappa shape index (κ1) is 16.9. The predicted octanol–water partition coefficient (Wildman–Crippen LogP) is 0.701. The Kier molecular flexibility index (Phi) is 8.37. The van der Waals surface area contributed by atoms with Gasteiger partial charge in [-0.15, -0.1) is 0 Å². The van der Waals surface area contributed by atoms with Gasteiger partial charge in [0.1, 0.15) is 0 Å². The largest absolute Gasteiger partial charge is 0.347 e. The summed E-state index contributed by atoms with van der Waals surface area (Å²) in [6, 6.07) is 0.442. The van der Waals surface area contributed by atoms with Crippen LogP contribution in [0.5, 0.6) is 0 Å². The van der Waals surface area contributed by atoms with E-state index in [4.69, 9.17) is 0 Å². The minimum Gasteiger partial charge on any atom is -0.347 e. The summed E-state index contributed by atoms with van der Waals surface area (Å²) in [5.74, 6) is 0.0174. The number of hydrogen-bond donors (Lipinski definition) is 1. The van der Waals surface area contributed by atoms with Gasteiger partial charge in [-0.25, -0.2) is 0 Å². The molecule has 0 saturated heterocycles. The fourth-order valence-electron chi connectivity index (χ4n) is 1.47. The SMILES string of the molecule is CCN(CC(=O)N(C)C)C(=O)CCCNC(C)C. The third-order valence-corrected chi connectivity index (χ3v) is 2.68. The first-order valence-electron chi connectivity index (χ1n) is 6.59. The van der Waals surface area contributed by atoms with E-state index in [1.54, 1.807) is 19.0 Å². The lowest BCUT2D eigenvalue weighted by Crippen LogP contribution is -2.40. The van der Waals surface area contributed by atoms with E-state index in [2.05, 4.69) is 19.2 Å². The molecule has 0 aromatic heterocycles. The highest BCUT2D eigenvalue weighted by Gasteiger charge is 2.15. The quantitative estimate of drug-likeness (QED) is 0.651. The van der Waals surface area contributed by atoms with Crippen molar-refractivity contribution in [2.75, 3.05) is 33.7 Å². The maximum atomic E-state index is 11.9. The highest BCUT2D eigenvalue weighted by atomic mass is 16.2. The minimum absolute atomic E-state index is 0.0366. The molecular formula is C13H27N3O2. The molecule has 0 fully saturated rings. The predicted molar refractivity (Wildman–Crippen MR) is 73.3 cm³/mol. The monoisotopic (exact) mass is 257 g/mol. The lowest BCUT2D eigenvalue weighted by molar-refractivity contribution is -0.139. The molecule has 2 amide bonds. The summed E-state index contributed by atoms with van der Waals surface area (Å²) in [4.78, 5) is 26.6. The van der Waals surface area contributed by atoms with Crippen LogP contribution < -0.4 is 5.32 Å². The van der Waals surface area contributed by atoms with E-state index in [-0.39, 0.29) is 18.4 Å². The normalized spacial score (nSPS) is 10.6. The second kappa shape index (κ2) is 8.91. The minimum atomic E-state index is -0.0366. The van der Waals surface area contributed by atoms with Crippen molar-refractivity contribution in [3.8, 4) is 0 Å². The zero-order valence-corrected chi connectivity index (χ0v) is 12.3. The Morgan fingerprint density at radius 3 is 2.22 bits per heavy atom. The molecule has 0 aliphatic carbocycles. The van der Waals surface area contributed by atoms with Crippen molar-refractivity contribution in [2.24, 2.45) is 0 Å². The molecule has 5 heteroatoms. The Bertz CT molecular complexity index is 265. The van der Waals surface area contributed by atoms with Crippen LogP contribution in [-0.4, -0.2) is 61.4 Å². The first-order valence-corrected chi connectivity index (χ1v) is 6.59. The third-order valence-electron chi connectivity index (χ3n) is 2.68. The van der Waals surface area contributed by atoms with Crippen LogP contribution in [-0.2, 0) is 9.59 Å². The third kappa shape index (κ3) is 7.27. The van der Waals surface area contributed by atoms with Crippen molar-refractivity contribution in [2.45, 2.75) is 39.7 Å². The summed E-state index contributed by atoms with van der Waals surface area (Å²) >= 11 is 0. The number of rotatable bonds is 8. The molecule has 0 aliphatic rings. The number of hydrogen-bond acceptors (Lipinski definition) is 3. The van der Waals surface area contributed by atoms with Crippen LogP contribution in [0.3, 0.4) is 0 Å². The van der Waals surface area contributed by atoms with Crippen LogP contribution in [0.2, 0.25) is 0 Å². The Labute approximate surface area is 111 Å². The van der Waals surface area contributed by atoms with Crippen molar-refractivity contribution in [1.29, 1.82) is 0 Å². The van der Waals surface area contributed by atoms with Crippen LogP contribution in [0.25, 0.3) is 0 Å². The smallest absolute Gasteiger partial charge is 0.241 e. The van der Waals surface area contributed by atoms with Gasteiger partial charge in [-0.1, -0.05) is 13.8 Å². The van der Waals surface area contributed by atoms with E-state index in [0.717, 1.165) is 13.0 Å². The van der Waals surface area contributed by atoms with E-state index in [1.807, 2.05) is 6.92 Å². The highest BCUT2D eigenvalue weighted by molar-refractivity contribution is 5.84. The van der Waals surface area contributed by atoms with Gasteiger partial charge < -0.3 is 15.1 Å². The van der Waals surface area contributed by atoms with Crippen molar-refractivity contribution in [1.82, 2.24) is 15.1 Å². The first-order chi connectivity index (χ1) is 8.38. The number of nitrogens with one attached hydrogen (secondary N) is 1. The summed E-state index contributed by atoms with van der Waals surface area (Å²) in [6.45, 7) is 7.65. The van der Waals surface area contributed by atoms with Crippen molar-refractivity contribution >= 4 is 11.8 Å². The van der Waals surface area contributed by atoms with Crippen LogP contribution in [0.4, 0.5) is 0 Å². The zero-order valence-electron chi connectivity index (χ0n) is 12.3. The summed E-state index contributed by atoms with van der Waals surface area (Å²) in [6.07, 6.45) is 1.30. The maximum absolute atomic E-state index is 11.9. The van der Waals surface area contributed by atoms with Gasteiger partial charge in [0.2, 0.25) is 11.8 Å². The zero-order chi connectivity index (χ0) is 14.1. The number of likely N-dealkylation sites (N-methyl/N-ethyl adjacent to an activating group) is 2. The molecule has 0 rings (SSSR count). The lowest BCUT2D eigenvalue weighted by atomic mass is 10.2. The number of carbonyl (C=O) groups excluding carboxylic acids is 2. The molecule has 0 aromatic rings. The van der Waals surface area contributed by atoms with E-state index in [0.29, 0.717) is 19.0 Å². The summed E-state index contributed by atoms with van der Waals surface area (Å²) < 4.78 is 0. The Balaban J connectivity index is 4.00. The van der Waals surface area contributed by atoms with Gasteiger partial charge in [0.25, 0.3) is 0 Å². The number of nitrogens with zero attached hydrogens (tertiary/aromatic N) is 2. The van der Waals surface area contributed by atoms with E-state index >= 15 is 0 Å². The lowest BCUT2D eigenvalue weighted by Gasteiger charge is -2.22. The number of carbonyl (C=O) groups is 2. The molecule has 0 atom stereocenters. The summed E-state index contributed by atoms with van der Waals surface area (Å²) in [5.41, 5.74) is 0. The summed E-state index contributed by atoms with van der Waals surface area (Å²) in [7, 11) is 3.40. The molecular weight excluding hydrogens is 230 g/mol. The highest BCUT2D eigenvalue weighted by Crippen LogP contribution is 1.99. The fraction of sp³-hybridized carbons (Fsp3) is 0.846. The Morgan fingerprint density at radius 2 is 1.78 bits per heavy atom. The Morgan fingerprint density at radius 1 is 1.17 bits per heavy atom. The molecule has 0 radical (unpaired) electrons. The number of amides is 2. The second-order valence-corrected chi connectivity index (χ2v) is 4.91. The van der Waals surface area contributed by atoms with Gasteiger partial charge in [0, 0.05) is 33.1 Å². The molecule has 18 heavy (non-hydrogen) atoms. The molecule has 0 bridgehead atoms. The van der Waals surface area contributed by atoms with Gasteiger partial charge in [-0.3, -0.25) is 9.59 Å². The van der Waals surface area contributed by atoms with Gasteiger partial charge in [-0.2, -0.15) is 0 Å². The molecule has 0 aliphatic heterocycles. The van der Waals surface area contributed by atoms with Crippen molar-refractivity contribution in [3.63, 3.8) is 0 Å². The molecule has 0 heterocycles. The maximum Gasteiger partial charge on any atom is 0.241 e. The summed E-state index contributed by atoms with van der Waals surface area (Å²) in [5, 5.41) is 3.27. The fourth-order valence-corrected chi connectivity index (χ4v) is 1.47. The van der Waals surface area contributed by atoms with Crippen LogP contribution >= 0.6 is 0 Å². The molecule has 0 saturated carbocycles. The van der Waals surface area contributed by atoms with E-state index in [9.17, 15) is 9.59 Å². The molecule has 1 N–H and O–H groups in total. The average molecular weight is 257 g/mol. The van der Waals surface area contributed by atoms with E-state index < -0.39 is 0 Å². The average Bonchev–Trinajstić information content (AvgIpc) is 2.30. The van der Waals surface area contributed by atoms with Crippen LogP contribution in [0.15, 0.2) is 0 Å². The van der Waals surface area contributed by atoms with Crippen LogP contribution in [0.1, 0.15) is 33.6 Å². The molecule has 106 valence electrons. The standard InChI is InChI=1S/C13H27N3O2/c1-6-16(10-13(18)15(4)5)12(17)8-7-9-14-11(2)3/h11,14H,6-10H2,1-5H3. The van der Waals surface area contributed by atoms with Crippen molar-refractivity contribution in [3.05, 3.63) is 0 Å².